The van der Waals surface area contributed by atoms with Crippen LogP contribution in [0.4, 0.5) is 4.39 Å². The van der Waals surface area contributed by atoms with Crippen molar-refractivity contribution >= 4 is 35.2 Å². The Kier molecular flexibility index (Phi) is 4.01. The van der Waals surface area contributed by atoms with Gasteiger partial charge in [-0.05, 0) is 19.1 Å². The zero-order valence-electron chi connectivity index (χ0n) is 9.97. The summed E-state index contributed by atoms with van der Waals surface area (Å²) in [4.78, 5) is 24.6. The lowest BCUT2D eigenvalue weighted by molar-refractivity contribution is -0.141. The molecule has 2 atom stereocenters. The van der Waals surface area contributed by atoms with E-state index in [1.165, 1.54) is 34.9 Å². The largest absolute Gasteiger partial charge is 0.480 e. The SMILES string of the molecule is CC1SCC(C(=O)O)N1C(=O)c1cccc(Cl)c1F. The molecule has 4 nitrogen and oxygen atoms in total. The third-order valence-corrected chi connectivity index (χ3v) is 4.43. The minimum Gasteiger partial charge on any atom is -0.480 e. The number of rotatable bonds is 2. The van der Waals surface area contributed by atoms with Crippen LogP contribution in [0.5, 0.6) is 0 Å². The number of carbonyl (C=O) groups excluding carboxylic acids is 1. The Morgan fingerprint density at radius 1 is 1.53 bits per heavy atom. The molecule has 0 radical (unpaired) electrons. The van der Waals surface area contributed by atoms with Gasteiger partial charge in [-0.2, -0.15) is 0 Å². The highest BCUT2D eigenvalue weighted by molar-refractivity contribution is 8.00. The fraction of sp³-hybridized carbons (Fsp3) is 0.333. The third kappa shape index (κ3) is 2.55. The molecule has 0 bridgehead atoms. The second kappa shape index (κ2) is 5.38. The van der Waals surface area contributed by atoms with Gasteiger partial charge in [0, 0.05) is 5.75 Å². The average Bonchev–Trinajstić information content (AvgIpc) is 2.74. The van der Waals surface area contributed by atoms with Gasteiger partial charge in [-0.3, -0.25) is 4.79 Å². The number of carboxylic acid groups (broad SMARTS) is 1. The van der Waals surface area contributed by atoms with E-state index < -0.39 is 23.7 Å². The maximum Gasteiger partial charge on any atom is 0.327 e. The van der Waals surface area contributed by atoms with Gasteiger partial charge in [0.1, 0.15) is 6.04 Å². The molecule has 1 N–H and O–H groups in total. The second-order valence-corrected chi connectivity index (χ2v) is 5.86. The number of hydrogen-bond acceptors (Lipinski definition) is 3. The van der Waals surface area contributed by atoms with Gasteiger partial charge in [0.25, 0.3) is 5.91 Å². The van der Waals surface area contributed by atoms with Crippen molar-refractivity contribution in [3.8, 4) is 0 Å². The molecular weight excluding hydrogens is 293 g/mol. The number of amides is 1. The summed E-state index contributed by atoms with van der Waals surface area (Å²) in [5, 5.41) is 8.63. The molecule has 7 heteroatoms. The molecule has 102 valence electrons. The summed E-state index contributed by atoms with van der Waals surface area (Å²) in [5.41, 5.74) is -0.201. The van der Waals surface area contributed by atoms with E-state index >= 15 is 0 Å². The number of thioether (sulfide) groups is 1. The minimum atomic E-state index is -1.09. The second-order valence-electron chi connectivity index (χ2n) is 4.10. The first-order valence-corrected chi connectivity index (χ1v) is 6.97. The topological polar surface area (TPSA) is 57.6 Å². The van der Waals surface area contributed by atoms with E-state index in [4.69, 9.17) is 16.7 Å². The van der Waals surface area contributed by atoms with Crippen molar-refractivity contribution in [1.82, 2.24) is 4.90 Å². The Balaban J connectivity index is 2.37. The van der Waals surface area contributed by atoms with Crippen LogP contribution in [0.3, 0.4) is 0 Å². The lowest BCUT2D eigenvalue weighted by Crippen LogP contribution is -2.45. The zero-order chi connectivity index (χ0) is 14.2. The number of aliphatic carboxylic acids is 1. The van der Waals surface area contributed by atoms with Crippen molar-refractivity contribution in [3.05, 3.63) is 34.6 Å². The van der Waals surface area contributed by atoms with Gasteiger partial charge in [0.15, 0.2) is 5.82 Å². The van der Waals surface area contributed by atoms with Crippen molar-refractivity contribution in [2.75, 3.05) is 5.75 Å². The molecule has 0 spiro atoms. The highest BCUT2D eigenvalue weighted by Gasteiger charge is 2.40. The molecule has 19 heavy (non-hydrogen) atoms. The van der Waals surface area contributed by atoms with E-state index in [1.54, 1.807) is 6.92 Å². The Morgan fingerprint density at radius 2 is 2.21 bits per heavy atom. The molecule has 1 heterocycles. The molecule has 2 rings (SSSR count). The Bertz CT molecular complexity index is 540. The maximum atomic E-state index is 13.8. The summed E-state index contributed by atoms with van der Waals surface area (Å²) in [6, 6.07) is 3.16. The van der Waals surface area contributed by atoms with Crippen molar-refractivity contribution in [3.63, 3.8) is 0 Å². The van der Waals surface area contributed by atoms with Gasteiger partial charge in [-0.1, -0.05) is 17.7 Å². The quantitative estimate of drug-likeness (QED) is 0.912. The summed E-state index contributed by atoms with van der Waals surface area (Å²) in [5.74, 6) is -2.26. The number of benzene rings is 1. The van der Waals surface area contributed by atoms with Gasteiger partial charge >= 0.3 is 5.97 Å². The van der Waals surface area contributed by atoms with Gasteiger partial charge in [-0.15, -0.1) is 11.8 Å². The van der Waals surface area contributed by atoms with Crippen LogP contribution in [0.15, 0.2) is 18.2 Å². The first kappa shape index (κ1) is 14.1. The smallest absolute Gasteiger partial charge is 0.327 e. The van der Waals surface area contributed by atoms with Crippen molar-refractivity contribution in [2.45, 2.75) is 18.3 Å². The van der Waals surface area contributed by atoms with Crippen LogP contribution in [0.25, 0.3) is 0 Å². The van der Waals surface area contributed by atoms with E-state index in [0.29, 0.717) is 5.75 Å². The summed E-state index contributed by atoms with van der Waals surface area (Å²) in [6.07, 6.45) is 0. The molecular formula is C12H11ClFNO3S. The molecule has 1 amide bonds. The highest BCUT2D eigenvalue weighted by Crippen LogP contribution is 2.31. The van der Waals surface area contributed by atoms with Crippen molar-refractivity contribution in [2.24, 2.45) is 0 Å². The van der Waals surface area contributed by atoms with Crippen LogP contribution in [-0.4, -0.2) is 39.1 Å². The minimum absolute atomic E-state index is 0.155. The monoisotopic (exact) mass is 303 g/mol. The van der Waals surface area contributed by atoms with E-state index in [1.807, 2.05) is 0 Å². The molecule has 0 aliphatic carbocycles. The number of nitrogens with zero attached hydrogens (tertiary/aromatic N) is 1. The summed E-state index contributed by atoms with van der Waals surface area (Å²) in [6.45, 7) is 1.72. The van der Waals surface area contributed by atoms with Crippen LogP contribution in [0.1, 0.15) is 17.3 Å². The maximum absolute atomic E-state index is 13.8. The van der Waals surface area contributed by atoms with Crippen LogP contribution in [0.2, 0.25) is 5.02 Å². The van der Waals surface area contributed by atoms with Gasteiger partial charge in [-0.25, -0.2) is 9.18 Å². The number of halogens is 2. The molecule has 1 aromatic rings. The predicted octanol–water partition coefficient (Wildman–Crippen LogP) is 2.47. The van der Waals surface area contributed by atoms with Gasteiger partial charge in [0.05, 0.1) is 16.0 Å². The van der Waals surface area contributed by atoms with E-state index in [0.717, 1.165) is 0 Å². The summed E-state index contributed by atoms with van der Waals surface area (Å²) < 4.78 is 13.8. The molecule has 2 unspecified atom stereocenters. The standard InChI is InChI=1S/C12H11ClFNO3S/c1-6-15(9(5-19-6)12(17)18)11(16)7-3-2-4-8(13)10(7)14/h2-4,6,9H,5H2,1H3,(H,17,18). The normalized spacial score (nSPS) is 22.6. The first-order chi connectivity index (χ1) is 8.93. The fourth-order valence-corrected chi connectivity index (χ4v) is 3.29. The predicted molar refractivity (Wildman–Crippen MR) is 70.9 cm³/mol. The highest BCUT2D eigenvalue weighted by atomic mass is 35.5. The molecule has 0 aromatic heterocycles. The van der Waals surface area contributed by atoms with Gasteiger partial charge in [0.2, 0.25) is 0 Å². The van der Waals surface area contributed by atoms with Crippen LogP contribution in [0, 0.1) is 5.82 Å². The Morgan fingerprint density at radius 3 is 2.84 bits per heavy atom. The van der Waals surface area contributed by atoms with Crippen LogP contribution >= 0.6 is 23.4 Å². The molecule has 1 fully saturated rings. The molecule has 1 aliphatic rings. The Hall–Kier alpha value is -1.27. The third-order valence-electron chi connectivity index (χ3n) is 2.92. The number of hydrogen-bond donors (Lipinski definition) is 1. The molecule has 0 saturated carbocycles. The van der Waals surface area contributed by atoms with Crippen LogP contribution in [-0.2, 0) is 4.79 Å². The van der Waals surface area contributed by atoms with E-state index in [-0.39, 0.29) is 16.0 Å². The lowest BCUT2D eigenvalue weighted by Gasteiger charge is -2.25. The number of carbonyl (C=O) groups is 2. The molecule has 1 aliphatic heterocycles. The van der Waals surface area contributed by atoms with Crippen LogP contribution < -0.4 is 0 Å². The van der Waals surface area contributed by atoms with Crippen molar-refractivity contribution in [1.29, 1.82) is 0 Å². The molecule has 1 saturated heterocycles. The fourth-order valence-electron chi connectivity index (χ4n) is 1.95. The van der Waals surface area contributed by atoms with E-state index in [2.05, 4.69) is 0 Å². The Labute approximate surface area is 118 Å². The number of carboxylic acids is 1. The average molecular weight is 304 g/mol. The summed E-state index contributed by atoms with van der Waals surface area (Å²) >= 11 is 6.98. The summed E-state index contributed by atoms with van der Waals surface area (Å²) in [7, 11) is 0. The zero-order valence-corrected chi connectivity index (χ0v) is 11.5. The lowest BCUT2D eigenvalue weighted by atomic mass is 10.1. The molecule has 1 aromatic carbocycles. The van der Waals surface area contributed by atoms with E-state index in [9.17, 15) is 14.0 Å². The van der Waals surface area contributed by atoms with Gasteiger partial charge < -0.3 is 10.0 Å². The first-order valence-electron chi connectivity index (χ1n) is 5.54. The van der Waals surface area contributed by atoms with Crippen molar-refractivity contribution < 1.29 is 19.1 Å².